The maximum atomic E-state index is 12.9. The standard InChI is InChI=1S/C17H21BrF2N6/c1-21-17(23-10-15-22-7-9-26(15)16(19)20)24-13-6-8-25(11-13)14-4-2-12(18)3-5-14/h2-5,7,9,13,16H,6,8,10-11H2,1H3,(H2,21,23,24). The summed E-state index contributed by atoms with van der Waals surface area (Å²) < 4.78 is 27.6. The Morgan fingerprint density at radius 1 is 1.38 bits per heavy atom. The van der Waals surface area contributed by atoms with Crippen LogP contribution in [0.15, 0.2) is 46.1 Å². The second-order valence-corrected chi connectivity index (χ2v) is 6.92. The van der Waals surface area contributed by atoms with E-state index in [9.17, 15) is 8.78 Å². The highest BCUT2D eigenvalue weighted by Gasteiger charge is 2.23. The largest absolute Gasteiger partial charge is 0.369 e. The smallest absolute Gasteiger partial charge is 0.319 e. The summed E-state index contributed by atoms with van der Waals surface area (Å²) in [5, 5.41) is 6.40. The number of alkyl halides is 2. The summed E-state index contributed by atoms with van der Waals surface area (Å²) in [5.74, 6) is 0.849. The van der Waals surface area contributed by atoms with E-state index in [1.54, 1.807) is 7.05 Å². The number of rotatable bonds is 5. The minimum atomic E-state index is -2.60. The van der Waals surface area contributed by atoms with E-state index >= 15 is 0 Å². The van der Waals surface area contributed by atoms with Gasteiger partial charge in [0.1, 0.15) is 5.82 Å². The van der Waals surface area contributed by atoms with E-state index in [2.05, 4.69) is 53.6 Å². The van der Waals surface area contributed by atoms with Gasteiger partial charge in [0.25, 0.3) is 0 Å². The third-order valence-corrected chi connectivity index (χ3v) is 4.85. The van der Waals surface area contributed by atoms with Crippen LogP contribution >= 0.6 is 15.9 Å². The van der Waals surface area contributed by atoms with Gasteiger partial charge in [0, 0.05) is 48.7 Å². The normalized spacial score (nSPS) is 17.8. The van der Waals surface area contributed by atoms with Crippen LogP contribution in [0.2, 0.25) is 0 Å². The first-order valence-electron chi connectivity index (χ1n) is 8.34. The van der Waals surface area contributed by atoms with E-state index in [1.807, 2.05) is 12.1 Å². The first kappa shape index (κ1) is 18.6. The van der Waals surface area contributed by atoms with Gasteiger partial charge in [0.05, 0.1) is 6.54 Å². The second kappa shape index (κ2) is 8.48. The lowest BCUT2D eigenvalue weighted by Crippen LogP contribution is -2.44. The lowest BCUT2D eigenvalue weighted by Gasteiger charge is -2.20. The van der Waals surface area contributed by atoms with E-state index in [1.165, 1.54) is 18.1 Å². The molecule has 140 valence electrons. The average molecular weight is 427 g/mol. The fraction of sp³-hybridized carbons (Fsp3) is 0.412. The Balaban J connectivity index is 1.52. The molecule has 2 N–H and O–H groups in total. The van der Waals surface area contributed by atoms with E-state index in [4.69, 9.17) is 0 Å². The van der Waals surface area contributed by atoms with E-state index in [0.29, 0.717) is 5.96 Å². The van der Waals surface area contributed by atoms with Gasteiger partial charge in [-0.2, -0.15) is 8.78 Å². The van der Waals surface area contributed by atoms with Crippen LogP contribution in [0.25, 0.3) is 0 Å². The van der Waals surface area contributed by atoms with Gasteiger partial charge < -0.3 is 15.5 Å². The van der Waals surface area contributed by atoms with Crippen molar-refractivity contribution in [1.82, 2.24) is 20.2 Å². The highest BCUT2D eigenvalue weighted by molar-refractivity contribution is 9.10. The summed E-state index contributed by atoms with van der Waals surface area (Å²) in [7, 11) is 1.66. The molecule has 1 fully saturated rings. The van der Waals surface area contributed by atoms with Crippen LogP contribution in [0.1, 0.15) is 18.8 Å². The predicted molar refractivity (Wildman–Crippen MR) is 102 cm³/mol. The minimum absolute atomic E-state index is 0.181. The zero-order valence-corrected chi connectivity index (χ0v) is 16.0. The molecule has 1 aromatic heterocycles. The molecule has 26 heavy (non-hydrogen) atoms. The van der Waals surface area contributed by atoms with Crippen molar-refractivity contribution in [3.8, 4) is 0 Å². The van der Waals surface area contributed by atoms with Gasteiger partial charge >= 0.3 is 6.55 Å². The van der Waals surface area contributed by atoms with E-state index in [0.717, 1.165) is 28.6 Å². The maximum Gasteiger partial charge on any atom is 0.319 e. The fourth-order valence-corrected chi connectivity index (χ4v) is 3.24. The molecule has 0 aliphatic carbocycles. The van der Waals surface area contributed by atoms with Crippen molar-refractivity contribution in [1.29, 1.82) is 0 Å². The number of halogens is 3. The van der Waals surface area contributed by atoms with Gasteiger partial charge in [-0.3, -0.25) is 9.56 Å². The number of hydrogen-bond donors (Lipinski definition) is 2. The van der Waals surface area contributed by atoms with Crippen LogP contribution in [0.4, 0.5) is 14.5 Å². The summed E-state index contributed by atoms with van der Waals surface area (Å²) in [6.07, 6.45) is 3.61. The van der Waals surface area contributed by atoms with Crippen molar-refractivity contribution < 1.29 is 8.78 Å². The molecule has 0 radical (unpaired) electrons. The summed E-state index contributed by atoms with van der Waals surface area (Å²) in [5.41, 5.74) is 1.18. The number of anilines is 1. The summed E-state index contributed by atoms with van der Waals surface area (Å²) >= 11 is 3.45. The van der Waals surface area contributed by atoms with Gasteiger partial charge in [-0.15, -0.1) is 0 Å². The third kappa shape index (κ3) is 4.51. The lowest BCUT2D eigenvalue weighted by atomic mass is 10.3. The van der Waals surface area contributed by atoms with Crippen LogP contribution in [0.3, 0.4) is 0 Å². The summed E-state index contributed by atoms with van der Waals surface area (Å²) in [6, 6.07) is 8.47. The Hall–Kier alpha value is -2.16. The lowest BCUT2D eigenvalue weighted by molar-refractivity contribution is 0.0668. The minimum Gasteiger partial charge on any atom is -0.369 e. The highest BCUT2D eigenvalue weighted by Crippen LogP contribution is 2.22. The highest BCUT2D eigenvalue weighted by atomic mass is 79.9. The number of guanidine groups is 1. The zero-order chi connectivity index (χ0) is 18.5. The Kier molecular flexibility index (Phi) is 6.08. The number of nitrogens with one attached hydrogen (secondary N) is 2. The van der Waals surface area contributed by atoms with Crippen molar-refractivity contribution >= 4 is 27.6 Å². The van der Waals surface area contributed by atoms with E-state index in [-0.39, 0.29) is 18.4 Å². The number of benzene rings is 1. The molecule has 1 aliphatic heterocycles. The van der Waals surface area contributed by atoms with Crippen LogP contribution in [0.5, 0.6) is 0 Å². The SMILES string of the molecule is CN=C(NCc1nccn1C(F)F)NC1CCN(c2ccc(Br)cc2)C1. The van der Waals surface area contributed by atoms with Gasteiger partial charge in [0.15, 0.2) is 5.96 Å². The maximum absolute atomic E-state index is 12.9. The van der Waals surface area contributed by atoms with Crippen LogP contribution in [-0.2, 0) is 6.54 Å². The Labute approximate surface area is 159 Å². The molecule has 0 saturated carbocycles. The molecule has 1 atom stereocenters. The Morgan fingerprint density at radius 3 is 2.85 bits per heavy atom. The zero-order valence-electron chi connectivity index (χ0n) is 14.4. The number of hydrogen-bond acceptors (Lipinski definition) is 3. The van der Waals surface area contributed by atoms with Crippen LogP contribution in [0, 0.1) is 0 Å². The molecule has 1 aliphatic rings. The molecule has 1 aromatic carbocycles. The molecule has 9 heteroatoms. The average Bonchev–Trinajstić information content (AvgIpc) is 3.28. The predicted octanol–water partition coefficient (Wildman–Crippen LogP) is 2.98. The van der Waals surface area contributed by atoms with Crippen LogP contribution < -0.4 is 15.5 Å². The molecule has 6 nitrogen and oxygen atoms in total. The number of aromatic nitrogens is 2. The first-order valence-corrected chi connectivity index (χ1v) is 9.13. The molecule has 2 heterocycles. The Bertz CT molecular complexity index is 746. The van der Waals surface area contributed by atoms with Crippen molar-refractivity contribution in [2.45, 2.75) is 25.6 Å². The molecule has 3 rings (SSSR count). The molecule has 0 amide bonds. The third-order valence-electron chi connectivity index (χ3n) is 4.32. The van der Waals surface area contributed by atoms with Gasteiger partial charge in [0.2, 0.25) is 0 Å². The topological polar surface area (TPSA) is 57.5 Å². The summed E-state index contributed by atoms with van der Waals surface area (Å²) in [6.45, 7) is -0.612. The van der Waals surface area contributed by atoms with E-state index < -0.39 is 6.55 Å². The quantitative estimate of drug-likeness (QED) is 0.569. The number of imidazole rings is 1. The van der Waals surface area contributed by atoms with Gasteiger partial charge in [-0.25, -0.2) is 4.98 Å². The van der Waals surface area contributed by atoms with Crippen molar-refractivity contribution in [3.05, 3.63) is 47.0 Å². The summed E-state index contributed by atoms with van der Waals surface area (Å²) in [4.78, 5) is 10.4. The Morgan fingerprint density at radius 2 is 2.15 bits per heavy atom. The number of nitrogens with zero attached hydrogens (tertiary/aromatic N) is 4. The first-order chi connectivity index (χ1) is 12.6. The second-order valence-electron chi connectivity index (χ2n) is 6.01. The molecule has 1 saturated heterocycles. The van der Waals surface area contributed by atoms with Gasteiger partial charge in [-0.1, -0.05) is 15.9 Å². The van der Waals surface area contributed by atoms with Crippen molar-refractivity contribution in [2.75, 3.05) is 25.0 Å². The fourth-order valence-electron chi connectivity index (χ4n) is 2.97. The molecule has 0 bridgehead atoms. The number of aliphatic imine (C=N–C) groups is 1. The molecule has 2 aromatic rings. The van der Waals surface area contributed by atoms with Crippen molar-refractivity contribution in [3.63, 3.8) is 0 Å². The van der Waals surface area contributed by atoms with Crippen LogP contribution in [-0.4, -0.2) is 41.7 Å². The molecular weight excluding hydrogens is 406 g/mol. The monoisotopic (exact) mass is 426 g/mol. The van der Waals surface area contributed by atoms with Gasteiger partial charge in [-0.05, 0) is 30.7 Å². The molecule has 0 spiro atoms. The molecular formula is C17H21BrF2N6. The molecule has 1 unspecified atom stereocenters. The van der Waals surface area contributed by atoms with Crippen molar-refractivity contribution in [2.24, 2.45) is 4.99 Å².